The Labute approximate surface area is 202 Å². The highest BCUT2D eigenvalue weighted by Gasteiger charge is 2.10. The summed E-state index contributed by atoms with van der Waals surface area (Å²) in [5.74, 6) is 0. The lowest BCUT2D eigenvalue weighted by Crippen LogP contribution is -1.93. The van der Waals surface area contributed by atoms with Gasteiger partial charge in [-0.1, -0.05) is 78.9 Å². The molecule has 0 aliphatic heterocycles. The quantitative estimate of drug-likeness (QED) is 0.239. The summed E-state index contributed by atoms with van der Waals surface area (Å²) >= 11 is 1.74. The Hall–Kier alpha value is -4.21. The van der Waals surface area contributed by atoms with Crippen molar-refractivity contribution >= 4 is 51.6 Å². The molecule has 0 aliphatic carbocycles. The molecule has 2 aromatic heterocycles. The number of nitrogens with zero attached hydrogens (tertiary/aromatic N) is 1. The number of carbonyl (C=O) groups is 1. The first-order chi connectivity index (χ1) is 16.8. The fourth-order valence-corrected chi connectivity index (χ4v) is 5.35. The second-order valence-corrected chi connectivity index (χ2v) is 9.35. The Balaban J connectivity index is 1.28. The van der Waals surface area contributed by atoms with E-state index in [1.165, 1.54) is 31.6 Å². The molecule has 0 aliphatic rings. The first kappa shape index (κ1) is 20.4. The van der Waals surface area contributed by atoms with Crippen molar-refractivity contribution in [2.24, 2.45) is 0 Å². The summed E-state index contributed by atoms with van der Waals surface area (Å²) in [5.41, 5.74) is 6.59. The summed E-state index contributed by atoms with van der Waals surface area (Å²) in [6.07, 6.45) is 5.18. The topological polar surface area (TPSA) is 22.0 Å². The lowest BCUT2D eigenvalue weighted by Gasteiger charge is -2.08. The first-order valence-electron chi connectivity index (χ1n) is 11.2. The molecule has 34 heavy (non-hydrogen) atoms. The zero-order valence-corrected chi connectivity index (χ0v) is 19.2. The molecular formula is C31H21NOS. The standard InChI is InChI=1S/C31H21NOS/c33-21-23-9-14-24(15-10-23)31-20-19-26(34-31)18-13-22-11-16-25(17-12-22)32-29-7-3-1-5-27(29)28-6-2-4-8-30(28)32/h1-21H/b18-13+. The van der Waals surface area contributed by atoms with E-state index < -0.39 is 0 Å². The summed E-state index contributed by atoms with van der Waals surface area (Å²) < 4.78 is 2.33. The van der Waals surface area contributed by atoms with Crippen molar-refractivity contribution in [3.8, 4) is 16.1 Å². The largest absolute Gasteiger partial charge is 0.309 e. The molecular weight excluding hydrogens is 434 g/mol. The number of para-hydroxylation sites is 2. The van der Waals surface area contributed by atoms with Gasteiger partial charge in [0, 0.05) is 31.8 Å². The van der Waals surface area contributed by atoms with Crippen molar-refractivity contribution in [2.45, 2.75) is 0 Å². The predicted octanol–water partition coefficient (Wildman–Crippen LogP) is 8.50. The van der Waals surface area contributed by atoms with Crippen molar-refractivity contribution in [1.29, 1.82) is 0 Å². The third kappa shape index (κ3) is 3.66. The highest BCUT2D eigenvalue weighted by atomic mass is 32.1. The minimum absolute atomic E-state index is 0.699. The highest BCUT2D eigenvalue weighted by Crippen LogP contribution is 2.32. The molecule has 3 heteroatoms. The SMILES string of the molecule is O=Cc1ccc(-c2ccc(/C=C/c3ccc(-n4c5ccccc5c5ccccc54)cc3)s2)cc1. The number of rotatable bonds is 5. The molecule has 4 aromatic carbocycles. The van der Waals surface area contributed by atoms with Gasteiger partial charge in [0.15, 0.2) is 0 Å². The molecule has 0 fully saturated rings. The van der Waals surface area contributed by atoms with Crippen LogP contribution in [0.5, 0.6) is 0 Å². The number of thiophene rings is 1. The van der Waals surface area contributed by atoms with Crippen LogP contribution in [0.15, 0.2) is 109 Å². The molecule has 0 bridgehead atoms. The van der Waals surface area contributed by atoms with Crippen LogP contribution in [0, 0.1) is 0 Å². The van der Waals surface area contributed by atoms with Crippen LogP contribution in [0.25, 0.3) is 50.1 Å². The van der Waals surface area contributed by atoms with E-state index in [0.717, 1.165) is 23.1 Å². The Bertz CT molecular complexity index is 1600. The second-order valence-electron chi connectivity index (χ2n) is 8.24. The maximum Gasteiger partial charge on any atom is 0.150 e. The van der Waals surface area contributed by atoms with Gasteiger partial charge in [0.2, 0.25) is 0 Å². The van der Waals surface area contributed by atoms with Crippen LogP contribution >= 0.6 is 11.3 Å². The third-order valence-electron chi connectivity index (χ3n) is 6.13. The van der Waals surface area contributed by atoms with Gasteiger partial charge in [-0.3, -0.25) is 4.79 Å². The van der Waals surface area contributed by atoms with Crippen molar-refractivity contribution < 1.29 is 4.79 Å². The Kier molecular flexibility index (Phi) is 5.17. The lowest BCUT2D eigenvalue weighted by atomic mass is 10.1. The lowest BCUT2D eigenvalue weighted by molar-refractivity contribution is 0.112. The number of hydrogen-bond acceptors (Lipinski definition) is 2. The molecule has 0 atom stereocenters. The average Bonchev–Trinajstić information content (AvgIpc) is 3.51. The van der Waals surface area contributed by atoms with Gasteiger partial charge in [-0.2, -0.15) is 0 Å². The van der Waals surface area contributed by atoms with E-state index in [-0.39, 0.29) is 0 Å². The summed E-state index contributed by atoms with van der Waals surface area (Å²) in [5, 5.41) is 2.55. The van der Waals surface area contributed by atoms with Crippen LogP contribution in [0.3, 0.4) is 0 Å². The van der Waals surface area contributed by atoms with Crippen LogP contribution in [0.4, 0.5) is 0 Å². The molecule has 2 nitrogen and oxygen atoms in total. The van der Waals surface area contributed by atoms with Crippen LogP contribution in [-0.2, 0) is 0 Å². The van der Waals surface area contributed by atoms with Crippen LogP contribution in [0.1, 0.15) is 20.8 Å². The Morgan fingerprint density at radius 3 is 1.85 bits per heavy atom. The van der Waals surface area contributed by atoms with Crippen LogP contribution < -0.4 is 0 Å². The normalized spacial score (nSPS) is 11.5. The Morgan fingerprint density at radius 2 is 1.21 bits per heavy atom. The van der Waals surface area contributed by atoms with Gasteiger partial charge in [-0.25, -0.2) is 0 Å². The molecule has 0 unspecified atom stereocenters. The van der Waals surface area contributed by atoms with E-state index in [9.17, 15) is 4.79 Å². The summed E-state index contributed by atoms with van der Waals surface area (Å²) in [4.78, 5) is 13.3. The maximum absolute atomic E-state index is 10.9. The fraction of sp³-hybridized carbons (Fsp3) is 0. The Morgan fingerprint density at radius 1 is 0.588 bits per heavy atom. The highest BCUT2D eigenvalue weighted by molar-refractivity contribution is 7.16. The van der Waals surface area contributed by atoms with Gasteiger partial charge in [-0.15, -0.1) is 11.3 Å². The number of carbonyl (C=O) groups excluding carboxylic acids is 1. The number of fused-ring (bicyclic) bond motifs is 3. The monoisotopic (exact) mass is 455 g/mol. The van der Waals surface area contributed by atoms with Gasteiger partial charge in [0.1, 0.15) is 6.29 Å². The summed E-state index contributed by atoms with van der Waals surface area (Å²) in [6, 6.07) is 37.8. The molecule has 0 spiro atoms. The smallest absolute Gasteiger partial charge is 0.150 e. The average molecular weight is 456 g/mol. The van der Waals surface area contributed by atoms with E-state index in [1.807, 2.05) is 24.3 Å². The van der Waals surface area contributed by atoms with Crippen molar-refractivity contribution in [3.63, 3.8) is 0 Å². The molecule has 0 saturated heterocycles. The van der Waals surface area contributed by atoms with E-state index >= 15 is 0 Å². The fourth-order valence-electron chi connectivity index (χ4n) is 4.44. The number of aldehydes is 1. The van der Waals surface area contributed by atoms with Gasteiger partial charge in [-0.05, 0) is 53.6 Å². The van der Waals surface area contributed by atoms with Gasteiger partial charge < -0.3 is 4.57 Å². The molecule has 0 N–H and O–H groups in total. The van der Waals surface area contributed by atoms with E-state index in [1.54, 1.807) is 11.3 Å². The zero-order valence-electron chi connectivity index (χ0n) is 18.4. The molecule has 0 radical (unpaired) electrons. The van der Waals surface area contributed by atoms with Crippen molar-refractivity contribution in [1.82, 2.24) is 4.57 Å². The number of aromatic nitrogens is 1. The van der Waals surface area contributed by atoms with Crippen LogP contribution in [-0.4, -0.2) is 10.9 Å². The summed E-state index contributed by atoms with van der Waals surface area (Å²) in [6.45, 7) is 0. The van der Waals surface area contributed by atoms with Crippen molar-refractivity contribution in [3.05, 3.63) is 125 Å². The predicted molar refractivity (Wildman–Crippen MR) is 145 cm³/mol. The van der Waals surface area contributed by atoms with E-state index in [0.29, 0.717) is 5.56 Å². The number of hydrogen-bond donors (Lipinski definition) is 0. The number of benzene rings is 4. The molecule has 6 aromatic rings. The van der Waals surface area contributed by atoms with E-state index in [2.05, 4.69) is 102 Å². The van der Waals surface area contributed by atoms with Gasteiger partial charge in [0.05, 0.1) is 11.0 Å². The maximum atomic E-state index is 10.9. The minimum Gasteiger partial charge on any atom is -0.309 e. The zero-order chi connectivity index (χ0) is 22.9. The minimum atomic E-state index is 0.699. The van der Waals surface area contributed by atoms with Crippen molar-refractivity contribution in [2.75, 3.05) is 0 Å². The molecule has 0 amide bonds. The first-order valence-corrected chi connectivity index (χ1v) is 12.0. The molecule has 6 rings (SSSR count). The molecule has 2 heterocycles. The van der Waals surface area contributed by atoms with Gasteiger partial charge in [0.25, 0.3) is 0 Å². The third-order valence-corrected chi connectivity index (χ3v) is 7.23. The van der Waals surface area contributed by atoms with E-state index in [4.69, 9.17) is 0 Å². The van der Waals surface area contributed by atoms with Crippen LogP contribution in [0.2, 0.25) is 0 Å². The summed E-state index contributed by atoms with van der Waals surface area (Å²) in [7, 11) is 0. The molecule has 162 valence electrons. The molecule has 0 saturated carbocycles. The van der Waals surface area contributed by atoms with Gasteiger partial charge >= 0.3 is 0 Å². The second kappa shape index (κ2) is 8.62.